The summed E-state index contributed by atoms with van der Waals surface area (Å²) in [6.07, 6.45) is 3.53. The summed E-state index contributed by atoms with van der Waals surface area (Å²) < 4.78 is 5.35. The summed E-state index contributed by atoms with van der Waals surface area (Å²) in [6.45, 7) is 4.00. The normalized spacial score (nSPS) is 10.5. The Balaban J connectivity index is 2.56. The summed E-state index contributed by atoms with van der Waals surface area (Å²) in [6, 6.07) is 1.48. The molecule has 0 saturated heterocycles. The monoisotopic (exact) mass is 267 g/mol. The zero-order valence-corrected chi connectivity index (χ0v) is 11.7. The summed E-state index contributed by atoms with van der Waals surface area (Å²) in [5.41, 5.74) is 0.154. The number of furan rings is 1. The molecule has 19 heavy (non-hydrogen) atoms. The Morgan fingerprint density at radius 3 is 2.58 bits per heavy atom. The highest BCUT2D eigenvalue weighted by Crippen LogP contribution is 2.16. The number of unbranched alkanes of at least 4 members (excludes halogenated alkanes) is 2. The average molecular weight is 267 g/mol. The topological polar surface area (TPSA) is 70.8 Å². The van der Waals surface area contributed by atoms with Crippen LogP contribution in [0.15, 0.2) is 10.5 Å². The molecule has 0 aliphatic carbocycles. The number of aryl methyl sites for hydroxylation is 1. The van der Waals surface area contributed by atoms with Gasteiger partial charge in [0.25, 0.3) is 0 Å². The van der Waals surface area contributed by atoms with Gasteiger partial charge < -0.3 is 14.4 Å². The van der Waals surface area contributed by atoms with Crippen LogP contribution < -0.4 is 0 Å². The van der Waals surface area contributed by atoms with Gasteiger partial charge in [-0.2, -0.15) is 0 Å². The Morgan fingerprint density at radius 2 is 2.05 bits per heavy atom. The van der Waals surface area contributed by atoms with E-state index >= 15 is 0 Å². The number of carbonyl (C=O) groups is 2. The highest BCUT2D eigenvalue weighted by molar-refractivity contribution is 5.88. The molecule has 0 atom stereocenters. The van der Waals surface area contributed by atoms with Crippen molar-refractivity contribution in [2.24, 2.45) is 0 Å². The molecule has 1 rings (SSSR count). The van der Waals surface area contributed by atoms with Crippen molar-refractivity contribution in [3.8, 4) is 0 Å². The third kappa shape index (κ3) is 4.43. The number of carboxylic acid groups (broad SMARTS) is 1. The zero-order chi connectivity index (χ0) is 14.4. The maximum absolute atomic E-state index is 11.8. The number of aromatic carboxylic acids is 1. The Labute approximate surface area is 113 Å². The van der Waals surface area contributed by atoms with Crippen LogP contribution in [-0.2, 0) is 11.3 Å². The van der Waals surface area contributed by atoms with Gasteiger partial charge in [-0.25, -0.2) is 4.79 Å². The van der Waals surface area contributed by atoms with Crippen LogP contribution in [0.1, 0.15) is 54.5 Å². The molecular weight excluding hydrogens is 246 g/mol. The van der Waals surface area contributed by atoms with E-state index in [0.29, 0.717) is 24.5 Å². The summed E-state index contributed by atoms with van der Waals surface area (Å²) in [7, 11) is 1.70. The van der Waals surface area contributed by atoms with Crippen LogP contribution in [0.2, 0.25) is 0 Å². The van der Waals surface area contributed by atoms with Crippen LogP contribution in [0.5, 0.6) is 0 Å². The molecule has 5 nitrogen and oxygen atoms in total. The molecule has 0 aromatic carbocycles. The number of carbonyl (C=O) groups excluding carboxylic acids is 1. The van der Waals surface area contributed by atoms with Crippen molar-refractivity contribution in [1.82, 2.24) is 4.90 Å². The van der Waals surface area contributed by atoms with E-state index in [2.05, 4.69) is 6.92 Å². The molecule has 1 N–H and O–H groups in total. The first kappa shape index (κ1) is 15.3. The van der Waals surface area contributed by atoms with Crippen LogP contribution in [0.3, 0.4) is 0 Å². The fourth-order valence-electron chi connectivity index (χ4n) is 1.87. The van der Waals surface area contributed by atoms with Crippen molar-refractivity contribution in [2.75, 3.05) is 7.05 Å². The highest BCUT2D eigenvalue weighted by atomic mass is 16.4. The van der Waals surface area contributed by atoms with Crippen molar-refractivity contribution in [2.45, 2.75) is 46.1 Å². The number of hydrogen-bond acceptors (Lipinski definition) is 3. The Hall–Kier alpha value is -1.78. The minimum Gasteiger partial charge on any atom is -0.478 e. The van der Waals surface area contributed by atoms with Gasteiger partial charge in [0.1, 0.15) is 17.1 Å². The second kappa shape index (κ2) is 6.97. The Kier molecular flexibility index (Phi) is 5.60. The summed E-state index contributed by atoms with van der Waals surface area (Å²) in [5, 5.41) is 8.93. The molecule has 0 spiro atoms. The molecule has 0 bridgehead atoms. The Morgan fingerprint density at radius 1 is 1.37 bits per heavy atom. The third-order valence-corrected chi connectivity index (χ3v) is 3.01. The molecule has 1 amide bonds. The van der Waals surface area contributed by atoms with Gasteiger partial charge in [0, 0.05) is 13.5 Å². The van der Waals surface area contributed by atoms with Crippen molar-refractivity contribution in [1.29, 1.82) is 0 Å². The van der Waals surface area contributed by atoms with E-state index in [1.54, 1.807) is 18.9 Å². The van der Waals surface area contributed by atoms with Gasteiger partial charge in [0.2, 0.25) is 5.91 Å². The number of carboxylic acids is 1. The molecule has 0 radical (unpaired) electrons. The first-order valence-corrected chi connectivity index (χ1v) is 6.52. The molecule has 0 aliphatic heterocycles. The highest BCUT2D eigenvalue weighted by Gasteiger charge is 2.16. The van der Waals surface area contributed by atoms with E-state index in [9.17, 15) is 9.59 Å². The molecule has 1 aromatic rings. The van der Waals surface area contributed by atoms with E-state index < -0.39 is 5.97 Å². The predicted molar refractivity (Wildman–Crippen MR) is 71.0 cm³/mol. The lowest BCUT2D eigenvalue weighted by Gasteiger charge is -2.15. The molecule has 0 unspecified atom stereocenters. The summed E-state index contributed by atoms with van der Waals surface area (Å²) >= 11 is 0. The fraction of sp³-hybridized carbons (Fsp3) is 0.571. The second-order valence-electron chi connectivity index (χ2n) is 4.69. The van der Waals surface area contributed by atoms with E-state index in [0.717, 1.165) is 19.3 Å². The minimum atomic E-state index is -1.01. The average Bonchev–Trinajstić information content (AvgIpc) is 2.70. The lowest BCUT2D eigenvalue weighted by Crippen LogP contribution is -2.25. The first-order valence-electron chi connectivity index (χ1n) is 6.52. The van der Waals surface area contributed by atoms with Crippen molar-refractivity contribution >= 4 is 11.9 Å². The molecule has 5 heteroatoms. The van der Waals surface area contributed by atoms with Crippen LogP contribution in [0, 0.1) is 6.92 Å². The fourth-order valence-corrected chi connectivity index (χ4v) is 1.87. The van der Waals surface area contributed by atoms with Crippen LogP contribution in [-0.4, -0.2) is 28.9 Å². The largest absolute Gasteiger partial charge is 0.478 e. The van der Waals surface area contributed by atoms with Gasteiger partial charge in [-0.3, -0.25) is 4.79 Å². The number of nitrogens with zero attached hydrogens (tertiary/aromatic N) is 1. The quantitative estimate of drug-likeness (QED) is 0.771. The van der Waals surface area contributed by atoms with E-state index in [1.165, 1.54) is 6.07 Å². The molecule has 0 aliphatic rings. The van der Waals surface area contributed by atoms with Crippen molar-refractivity contribution in [3.05, 3.63) is 23.2 Å². The SMILES string of the molecule is CCCCCC(=O)N(C)Cc1cc(C(=O)O)c(C)o1. The molecular formula is C14H21NO4. The minimum absolute atomic E-state index is 0.0550. The zero-order valence-electron chi connectivity index (χ0n) is 11.7. The van der Waals surface area contributed by atoms with Gasteiger partial charge >= 0.3 is 5.97 Å². The van der Waals surface area contributed by atoms with E-state index in [-0.39, 0.29) is 11.5 Å². The lowest BCUT2D eigenvalue weighted by atomic mass is 10.2. The van der Waals surface area contributed by atoms with E-state index in [4.69, 9.17) is 9.52 Å². The van der Waals surface area contributed by atoms with Gasteiger partial charge in [-0.1, -0.05) is 19.8 Å². The van der Waals surface area contributed by atoms with Crippen LogP contribution >= 0.6 is 0 Å². The van der Waals surface area contributed by atoms with Crippen LogP contribution in [0.25, 0.3) is 0 Å². The van der Waals surface area contributed by atoms with Crippen LogP contribution in [0.4, 0.5) is 0 Å². The molecule has 1 heterocycles. The maximum atomic E-state index is 11.8. The van der Waals surface area contributed by atoms with E-state index in [1.807, 2.05) is 0 Å². The molecule has 106 valence electrons. The predicted octanol–water partition coefficient (Wildman–Crippen LogP) is 2.82. The van der Waals surface area contributed by atoms with Gasteiger partial charge in [-0.15, -0.1) is 0 Å². The Bertz CT molecular complexity index is 450. The molecule has 0 fully saturated rings. The van der Waals surface area contributed by atoms with Gasteiger partial charge in [0.05, 0.1) is 6.54 Å². The number of amides is 1. The summed E-state index contributed by atoms with van der Waals surface area (Å²) in [4.78, 5) is 24.3. The number of hydrogen-bond donors (Lipinski definition) is 1. The lowest BCUT2D eigenvalue weighted by molar-refractivity contribution is -0.130. The second-order valence-corrected chi connectivity index (χ2v) is 4.69. The van der Waals surface area contributed by atoms with Crippen molar-refractivity contribution in [3.63, 3.8) is 0 Å². The smallest absolute Gasteiger partial charge is 0.339 e. The first-order chi connectivity index (χ1) is 8.95. The third-order valence-electron chi connectivity index (χ3n) is 3.01. The van der Waals surface area contributed by atoms with Gasteiger partial charge in [-0.05, 0) is 19.4 Å². The summed E-state index contributed by atoms with van der Waals surface area (Å²) in [5.74, 6) is -0.0839. The molecule has 0 saturated carbocycles. The number of rotatable bonds is 7. The van der Waals surface area contributed by atoms with Crippen molar-refractivity contribution < 1.29 is 19.1 Å². The standard InChI is InChI=1S/C14H21NO4/c1-4-5-6-7-13(16)15(3)9-11-8-12(14(17)18)10(2)19-11/h8H,4-7,9H2,1-3H3,(H,17,18). The molecule has 1 aromatic heterocycles. The maximum Gasteiger partial charge on any atom is 0.339 e. The van der Waals surface area contributed by atoms with Gasteiger partial charge in [0.15, 0.2) is 0 Å².